The molecule has 2 rings (SSSR count). The fraction of sp³-hybridized carbons (Fsp3) is 0.923. The summed E-state index contributed by atoms with van der Waals surface area (Å²) in [7, 11) is 1.95. The van der Waals surface area contributed by atoms with Crippen LogP contribution in [0.4, 0.5) is 0 Å². The van der Waals surface area contributed by atoms with E-state index in [1.165, 1.54) is 11.8 Å². The summed E-state index contributed by atoms with van der Waals surface area (Å²) in [5, 5.41) is 31.0. The van der Waals surface area contributed by atoms with Gasteiger partial charge in [0, 0.05) is 13.6 Å². The average Bonchev–Trinajstić information content (AvgIpc) is 2.86. The predicted molar refractivity (Wildman–Crippen MR) is 78.7 cm³/mol. The minimum atomic E-state index is -1.11. The van der Waals surface area contributed by atoms with Gasteiger partial charge in [0.1, 0.15) is 29.8 Å². The molecule has 2 heterocycles. The van der Waals surface area contributed by atoms with E-state index in [-0.39, 0.29) is 5.44 Å². The lowest BCUT2D eigenvalue weighted by molar-refractivity contribution is -0.185. The number of amidine groups is 1. The molecule has 2 aliphatic heterocycles. The van der Waals surface area contributed by atoms with Crippen molar-refractivity contribution < 1.29 is 20.1 Å². The molecule has 0 radical (unpaired) electrons. The van der Waals surface area contributed by atoms with Gasteiger partial charge in [-0.15, -0.1) is 0 Å². The van der Waals surface area contributed by atoms with Gasteiger partial charge in [-0.25, -0.2) is 0 Å². The van der Waals surface area contributed by atoms with Crippen LogP contribution in [-0.2, 0) is 4.74 Å². The van der Waals surface area contributed by atoms with Gasteiger partial charge in [0.25, 0.3) is 0 Å². The lowest BCUT2D eigenvalue weighted by Gasteiger charge is -2.40. The molecule has 0 spiro atoms. The normalized spacial score (nSPS) is 38.3. The summed E-state index contributed by atoms with van der Waals surface area (Å²) >= 11 is 1.45. The van der Waals surface area contributed by atoms with Crippen LogP contribution in [0.5, 0.6) is 0 Å². The molecule has 20 heavy (non-hydrogen) atoms. The largest absolute Gasteiger partial charge is 0.390 e. The third-order valence-corrected chi connectivity index (χ3v) is 5.02. The first kappa shape index (κ1) is 16.0. The van der Waals surface area contributed by atoms with Crippen LogP contribution < -0.4 is 0 Å². The number of aliphatic hydroxyl groups excluding tert-OH is 3. The summed E-state index contributed by atoms with van der Waals surface area (Å²) in [6, 6.07) is -0.468. The number of aliphatic imine (C=N–C) groups is 1. The molecule has 0 aromatic heterocycles. The highest BCUT2D eigenvalue weighted by molar-refractivity contribution is 8.14. The van der Waals surface area contributed by atoms with E-state index in [0.29, 0.717) is 6.42 Å². The summed E-state index contributed by atoms with van der Waals surface area (Å²) in [5.74, 6) is 0. The maximum Gasteiger partial charge on any atom is 0.162 e. The van der Waals surface area contributed by atoms with Gasteiger partial charge in [0.05, 0.1) is 6.10 Å². The Morgan fingerprint density at radius 2 is 2.05 bits per heavy atom. The Labute approximate surface area is 123 Å². The van der Waals surface area contributed by atoms with Gasteiger partial charge >= 0.3 is 0 Å². The van der Waals surface area contributed by atoms with E-state index in [9.17, 15) is 15.3 Å². The first-order valence-corrected chi connectivity index (χ1v) is 8.02. The van der Waals surface area contributed by atoms with E-state index in [1.807, 2.05) is 18.9 Å². The highest BCUT2D eigenvalue weighted by Crippen LogP contribution is 2.38. The van der Waals surface area contributed by atoms with E-state index in [0.717, 1.165) is 18.1 Å². The highest BCUT2D eigenvalue weighted by atomic mass is 32.2. The molecular formula is C13H24N2O4S. The predicted octanol–water partition coefficient (Wildman–Crippen LogP) is 0.0172. The van der Waals surface area contributed by atoms with Crippen LogP contribution in [0.3, 0.4) is 0 Å². The van der Waals surface area contributed by atoms with E-state index in [4.69, 9.17) is 4.74 Å². The molecule has 1 saturated heterocycles. The number of ether oxygens (including phenoxy) is 1. The lowest BCUT2D eigenvalue weighted by Crippen LogP contribution is -2.58. The first-order chi connectivity index (χ1) is 9.49. The summed E-state index contributed by atoms with van der Waals surface area (Å²) in [4.78, 5) is 6.49. The van der Waals surface area contributed by atoms with Crippen molar-refractivity contribution >= 4 is 16.9 Å². The lowest BCUT2D eigenvalue weighted by atomic mass is 9.94. The van der Waals surface area contributed by atoms with Crippen LogP contribution in [0.2, 0.25) is 0 Å². The van der Waals surface area contributed by atoms with Gasteiger partial charge in [-0.1, -0.05) is 25.6 Å². The second-order valence-electron chi connectivity index (χ2n) is 5.37. The Kier molecular flexibility index (Phi) is 5.30. The molecule has 2 aliphatic rings. The third kappa shape index (κ3) is 2.96. The van der Waals surface area contributed by atoms with E-state index < -0.39 is 30.5 Å². The van der Waals surface area contributed by atoms with Crippen molar-refractivity contribution in [1.29, 1.82) is 0 Å². The molecule has 0 aromatic carbocycles. The fourth-order valence-electron chi connectivity index (χ4n) is 2.54. The van der Waals surface area contributed by atoms with Crippen molar-refractivity contribution in [1.82, 2.24) is 4.90 Å². The maximum atomic E-state index is 10.2. The number of rotatable bonds is 4. The number of thioether (sulfide) groups is 1. The van der Waals surface area contributed by atoms with E-state index in [1.54, 1.807) is 0 Å². The van der Waals surface area contributed by atoms with Crippen LogP contribution in [-0.4, -0.2) is 74.9 Å². The average molecular weight is 304 g/mol. The number of aliphatic hydroxyl groups is 3. The van der Waals surface area contributed by atoms with Gasteiger partial charge in [0.15, 0.2) is 5.17 Å². The molecule has 1 fully saturated rings. The fourth-order valence-corrected chi connectivity index (χ4v) is 3.75. The van der Waals surface area contributed by atoms with Crippen molar-refractivity contribution in [3.63, 3.8) is 0 Å². The van der Waals surface area contributed by atoms with Gasteiger partial charge in [-0.2, -0.15) is 0 Å². The summed E-state index contributed by atoms with van der Waals surface area (Å²) in [6.45, 7) is 4.79. The summed E-state index contributed by atoms with van der Waals surface area (Å²) in [6.07, 6.45) is -2.16. The molecule has 7 heteroatoms. The Bertz CT molecular complexity index is 368. The Morgan fingerprint density at radius 1 is 1.35 bits per heavy atom. The standard InChI is InChI=1S/C13H24N2O4S/c1-4-6-15(3)13-14-8-9(17)10(18)11(7(16)5-2)19-12(8)20-13/h7-12,16-18H,4-6H2,1-3H3/t7-,8+,9+,10-,11+,12?/m0/s1. The molecule has 0 aromatic rings. The zero-order chi connectivity index (χ0) is 14.9. The van der Waals surface area contributed by atoms with E-state index in [2.05, 4.69) is 11.9 Å². The minimum absolute atomic E-state index is 0.339. The van der Waals surface area contributed by atoms with Crippen molar-refractivity contribution in [3.05, 3.63) is 0 Å². The molecule has 3 N–H and O–H groups in total. The monoisotopic (exact) mass is 304 g/mol. The first-order valence-electron chi connectivity index (χ1n) is 7.14. The van der Waals surface area contributed by atoms with Crippen molar-refractivity contribution in [2.75, 3.05) is 13.6 Å². The molecule has 1 unspecified atom stereocenters. The van der Waals surface area contributed by atoms with Crippen molar-refractivity contribution in [2.45, 2.75) is 62.6 Å². The van der Waals surface area contributed by atoms with Gasteiger partial charge in [0.2, 0.25) is 0 Å². The highest BCUT2D eigenvalue weighted by Gasteiger charge is 2.50. The molecule has 0 aliphatic carbocycles. The molecule has 0 bridgehead atoms. The Morgan fingerprint density at radius 3 is 2.65 bits per heavy atom. The zero-order valence-corrected chi connectivity index (χ0v) is 13.0. The van der Waals surface area contributed by atoms with Crippen LogP contribution in [0, 0.1) is 0 Å². The minimum Gasteiger partial charge on any atom is -0.390 e. The maximum absolute atomic E-state index is 10.2. The van der Waals surface area contributed by atoms with Gasteiger partial charge in [-0.3, -0.25) is 4.99 Å². The number of hydrogen-bond acceptors (Lipinski definition) is 7. The molecule has 6 nitrogen and oxygen atoms in total. The van der Waals surface area contributed by atoms with Crippen LogP contribution in [0.1, 0.15) is 26.7 Å². The van der Waals surface area contributed by atoms with Crippen LogP contribution >= 0.6 is 11.8 Å². The molecule has 0 saturated carbocycles. The molecule has 116 valence electrons. The second kappa shape index (κ2) is 6.62. The van der Waals surface area contributed by atoms with Gasteiger partial charge in [-0.05, 0) is 12.8 Å². The quantitative estimate of drug-likeness (QED) is 0.679. The number of nitrogens with zero attached hydrogens (tertiary/aromatic N) is 2. The zero-order valence-electron chi connectivity index (χ0n) is 12.1. The van der Waals surface area contributed by atoms with Crippen molar-refractivity contribution in [2.24, 2.45) is 4.99 Å². The van der Waals surface area contributed by atoms with Crippen molar-refractivity contribution in [3.8, 4) is 0 Å². The number of hydrogen-bond donors (Lipinski definition) is 3. The Hall–Kier alpha value is -0.340. The van der Waals surface area contributed by atoms with Crippen LogP contribution in [0.15, 0.2) is 4.99 Å². The molecule has 0 amide bonds. The van der Waals surface area contributed by atoms with Crippen LogP contribution in [0.25, 0.3) is 0 Å². The topological polar surface area (TPSA) is 85.5 Å². The Balaban J connectivity index is 2.09. The molecule has 6 atom stereocenters. The second-order valence-corrected chi connectivity index (χ2v) is 6.43. The smallest absolute Gasteiger partial charge is 0.162 e. The molecular weight excluding hydrogens is 280 g/mol. The number of fused-ring (bicyclic) bond motifs is 1. The van der Waals surface area contributed by atoms with E-state index >= 15 is 0 Å². The summed E-state index contributed by atoms with van der Waals surface area (Å²) < 4.78 is 5.77. The SMILES string of the molecule is CCCN(C)C1=N[C@H]2C(O[C@H]([C@@H](O)CC)[C@@H](O)[C@@H]2O)S1. The van der Waals surface area contributed by atoms with Gasteiger partial charge < -0.3 is 25.0 Å². The summed E-state index contributed by atoms with van der Waals surface area (Å²) in [5.41, 5.74) is -0.339. The third-order valence-electron chi connectivity index (χ3n) is 3.77.